The van der Waals surface area contributed by atoms with Crippen LogP contribution in [-0.4, -0.2) is 43.2 Å². The summed E-state index contributed by atoms with van der Waals surface area (Å²) >= 11 is 1.83. The Hall–Kier alpha value is -2.18. The molecule has 2 N–H and O–H groups in total. The second-order valence-electron chi connectivity index (χ2n) is 6.59. The number of hydrogen-bond acceptors (Lipinski definition) is 6. The highest BCUT2D eigenvalue weighted by Gasteiger charge is 2.45. The lowest BCUT2D eigenvalue weighted by Gasteiger charge is -2.45. The van der Waals surface area contributed by atoms with Crippen LogP contribution >= 0.6 is 11.8 Å². The van der Waals surface area contributed by atoms with Gasteiger partial charge in [-0.15, -0.1) is 0 Å². The van der Waals surface area contributed by atoms with Crippen LogP contribution in [0.1, 0.15) is 19.8 Å². The van der Waals surface area contributed by atoms with E-state index in [0.717, 1.165) is 40.9 Å². The number of fused-ring (bicyclic) bond motifs is 1. The number of nitrogens with zero attached hydrogens (tertiary/aromatic N) is 3. The van der Waals surface area contributed by atoms with Crippen molar-refractivity contribution < 1.29 is 5.11 Å². The highest BCUT2D eigenvalue weighted by molar-refractivity contribution is 8.00. The van der Waals surface area contributed by atoms with Gasteiger partial charge in [0, 0.05) is 35.1 Å². The molecule has 1 aliphatic carbocycles. The average molecular weight is 366 g/mol. The van der Waals surface area contributed by atoms with E-state index in [1.165, 1.54) is 0 Å². The Balaban J connectivity index is 1.65. The number of rotatable bonds is 6. The number of pyridine rings is 1. The number of hydrogen-bond donors (Lipinski definition) is 2. The Labute approximate surface area is 157 Å². The maximum absolute atomic E-state index is 10.9. The summed E-state index contributed by atoms with van der Waals surface area (Å²) in [6, 6.07) is 11.8. The normalized spacial score (nSPS) is 22.2. The van der Waals surface area contributed by atoms with Crippen LogP contribution in [0.3, 0.4) is 0 Å². The summed E-state index contributed by atoms with van der Waals surface area (Å²) in [5, 5.41) is 15.5. The first kappa shape index (κ1) is 17.2. The molecule has 0 radical (unpaired) electrons. The van der Waals surface area contributed by atoms with Crippen molar-refractivity contribution in [2.75, 3.05) is 17.6 Å². The topological polar surface area (TPSA) is 70.9 Å². The number of anilines is 1. The molecule has 0 spiro atoms. The maximum Gasteiger partial charge on any atom is 0.163 e. The summed E-state index contributed by atoms with van der Waals surface area (Å²) in [5.74, 6) is 2.42. The van der Waals surface area contributed by atoms with Crippen molar-refractivity contribution in [3.05, 3.63) is 48.8 Å². The van der Waals surface area contributed by atoms with E-state index in [4.69, 9.17) is 4.98 Å². The molecule has 6 heteroatoms. The third-order valence-corrected chi connectivity index (χ3v) is 6.30. The van der Waals surface area contributed by atoms with E-state index in [1.807, 2.05) is 48.2 Å². The minimum Gasteiger partial charge on any atom is -0.387 e. The molecule has 1 aliphatic rings. The zero-order valence-corrected chi connectivity index (χ0v) is 15.5. The molecule has 2 atom stereocenters. The molecule has 134 valence electrons. The van der Waals surface area contributed by atoms with Gasteiger partial charge in [0.15, 0.2) is 5.82 Å². The fraction of sp³-hybridized carbons (Fsp3) is 0.350. The number of aromatic nitrogens is 3. The van der Waals surface area contributed by atoms with Crippen molar-refractivity contribution in [2.45, 2.75) is 30.6 Å². The van der Waals surface area contributed by atoms with E-state index in [0.29, 0.717) is 17.6 Å². The number of para-hydroxylation sites is 1. The van der Waals surface area contributed by atoms with E-state index in [2.05, 4.69) is 22.2 Å². The Morgan fingerprint density at radius 1 is 1.23 bits per heavy atom. The zero-order valence-electron chi connectivity index (χ0n) is 14.7. The van der Waals surface area contributed by atoms with Crippen molar-refractivity contribution in [3.63, 3.8) is 0 Å². The van der Waals surface area contributed by atoms with Gasteiger partial charge in [0.05, 0.1) is 11.1 Å². The highest BCUT2D eigenvalue weighted by Crippen LogP contribution is 2.41. The van der Waals surface area contributed by atoms with Crippen LogP contribution < -0.4 is 5.32 Å². The summed E-state index contributed by atoms with van der Waals surface area (Å²) in [7, 11) is 0. The SMILES string of the molecule is CCSC1CCC1(O)CNc1nc(-c2cccnc2)nc2ccccc12. The predicted molar refractivity (Wildman–Crippen MR) is 107 cm³/mol. The third-order valence-electron chi connectivity index (χ3n) is 4.89. The molecule has 4 rings (SSSR count). The molecular formula is C20H22N4OS. The molecule has 0 aliphatic heterocycles. The molecule has 0 saturated heterocycles. The van der Waals surface area contributed by atoms with E-state index in [-0.39, 0.29) is 0 Å². The molecule has 1 fully saturated rings. The summed E-state index contributed by atoms with van der Waals surface area (Å²) in [5.41, 5.74) is 1.09. The van der Waals surface area contributed by atoms with Gasteiger partial charge in [0.25, 0.3) is 0 Å². The van der Waals surface area contributed by atoms with Crippen LogP contribution in [0.15, 0.2) is 48.8 Å². The Bertz CT molecular complexity index is 905. The van der Waals surface area contributed by atoms with Gasteiger partial charge >= 0.3 is 0 Å². The Morgan fingerprint density at radius 2 is 2.12 bits per heavy atom. The minimum absolute atomic E-state index is 0.297. The Kier molecular flexibility index (Phi) is 4.78. The van der Waals surface area contributed by atoms with E-state index >= 15 is 0 Å². The van der Waals surface area contributed by atoms with E-state index in [9.17, 15) is 5.11 Å². The van der Waals surface area contributed by atoms with Crippen LogP contribution in [-0.2, 0) is 0 Å². The van der Waals surface area contributed by atoms with Gasteiger partial charge in [-0.3, -0.25) is 4.98 Å². The van der Waals surface area contributed by atoms with Gasteiger partial charge < -0.3 is 10.4 Å². The van der Waals surface area contributed by atoms with Gasteiger partial charge in [-0.05, 0) is 42.9 Å². The van der Waals surface area contributed by atoms with Crippen LogP contribution in [0, 0.1) is 0 Å². The predicted octanol–water partition coefficient (Wildman–Crippen LogP) is 3.75. The summed E-state index contributed by atoms with van der Waals surface area (Å²) in [6.07, 6.45) is 5.40. The lowest BCUT2D eigenvalue weighted by Crippen LogP contribution is -2.54. The third kappa shape index (κ3) is 3.27. The first-order valence-electron chi connectivity index (χ1n) is 8.94. The van der Waals surface area contributed by atoms with Crippen LogP contribution in [0.5, 0.6) is 0 Å². The van der Waals surface area contributed by atoms with Crippen molar-refractivity contribution in [1.29, 1.82) is 0 Å². The molecule has 26 heavy (non-hydrogen) atoms. The van der Waals surface area contributed by atoms with Crippen LogP contribution in [0.25, 0.3) is 22.3 Å². The fourth-order valence-corrected chi connectivity index (χ4v) is 4.51. The molecule has 2 heterocycles. The van der Waals surface area contributed by atoms with Gasteiger partial charge in [-0.25, -0.2) is 9.97 Å². The summed E-state index contributed by atoms with van der Waals surface area (Å²) in [4.78, 5) is 13.6. The molecule has 2 unspecified atom stereocenters. The molecule has 3 aromatic rings. The van der Waals surface area contributed by atoms with Crippen molar-refractivity contribution in [3.8, 4) is 11.4 Å². The second kappa shape index (κ2) is 7.21. The summed E-state index contributed by atoms with van der Waals surface area (Å²) < 4.78 is 0. The minimum atomic E-state index is -0.665. The average Bonchev–Trinajstić information content (AvgIpc) is 2.69. The number of thioether (sulfide) groups is 1. The first-order valence-corrected chi connectivity index (χ1v) is 9.99. The first-order chi connectivity index (χ1) is 12.7. The van der Waals surface area contributed by atoms with Crippen molar-refractivity contribution >= 4 is 28.5 Å². The van der Waals surface area contributed by atoms with Gasteiger partial charge in [0.2, 0.25) is 0 Å². The van der Waals surface area contributed by atoms with Gasteiger partial charge in [-0.2, -0.15) is 11.8 Å². The summed E-state index contributed by atoms with van der Waals surface area (Å²) in [6.45, 7) is 2.63. The molecular weight excluding hydrogens is 344 g/mol. The molecule has 0 amide bonds. The Morgan fingerprint density at radius 3 is 2.85 bits per heavy atom. The monoisotopic (exact) mass is 366 g/mol. The van der Waals surface area contributed by atoms with Crippen LogP contribution in [0.2, 0.25) is 0 Å². The molecule has 2 aromatic heterocycles. The number of nitrogens with one attached hydrogen (secondary N) is 1. The lowest BCUT2D eigenvalue weighted by atomic mass is 9.79. The van der Waals surface area contributed by atoms with Crippen molar-refractivity contribution in [2.24, 2.45) is 0 Å². The number of benzene rings is 1. The fourth-order valence-electron chi connectivity index (χ4n) is 3.31. The van der Waals surface area contributed by atoms with Crippen LogP contribution in [0.4, 0.5) is 5.82 Å². The van der Waals surface area contributed by atoms with Gasteiger partial charge in [0.1, 0.15) is 5.82 Å². The van der Waals surface area contributed by atoms with Crippen molar-refractivity contribution in [1.82, 2.24) is 15.0 Å². The molecule has 0 bridgehead atoms. The molecule has 1 saturated carbocycles. The molecule has 5 nitrogen and oxygen atoms in total. The molecule has 1 aromatic carbocycles. The second-order valence-corrected chi connectivity index (χ2v) is 8.07. The standard InChI is InChI=1S/C20H22N4OS/c1-2-26-17-9-10-20(17,25)13-22-19-15-7-3-4-8-16(15)23-18(24-19)14-6-5-11-21-12-14/h3-8,11-12,17,25H,2,9-10,13H2,1H3,(H,22,23,24). The maximum atomic E-state index is 10.9. The van der Waals surface area contributed by atoms with E-state index < -0.39 is 5.60 Å². The smallest absolute Gasteiger partial charge is 0.163 e. The quantitative estimate of drug-likeness (QED) is 0.692. The van der Waals surface area contributed by atoms with E-state index in [1.54, 1.807) is 12.4 Å². The highest BCUT2D eigenvalue weighted by atomic mass is 32.2. The largest absolute Gasteiger partial charge is 0.387 e. The lowest BCUT2D eigenvalue weighted by molar-refractivity contribution is -0.0120. The zero-order chi connectivity index (χ0) is 18.0. The number of aliphatic hydroxyl groups is 1. The van der Waals surface area contributed by atoms with Gasteiger partial charge in [-0.1, -0.05) is 19.1 Å².